The number of anilines is 2. The van der Waals surface area contributed by atoms with Gasteiger partial charge in [0.05, 0.1) is 5.69 Å². The number of carbonyl (C=O) groups excluding carboxylic acids is 2. The first-order valence-electron chi connectivity index (χ1n) is 9.62. The number of para-hydroxylation sites is 1. The number of benzene rings is 2. The predicted molar refractivity (Wildman–Crippen MR) is 114 cm³/mol. The summed E-state index contributed by atoms with van der Waals surface area (Å²) in [6, 6.07) is 12.9. The molecule has 0 saturated heterocycles. The quantitative estimate of drug-likeness (QED) is 0.522. The lowest BCUT2D eigenvalue weighted by molar-refractivity contribution is -0.117. The number of halogens is 2. The van der Waals surface area contributed by atoms with Crippen molar-refractivity contribution in [3.8, 4) is 17.0 Å². The van der Waals surface area contributed by atoms with E-state index in [-0.39, 0.29) is 23.5 Å². The Balaban J connectivity index is 1.41. The van der Waals surface area contributed by atoms with Crippen molar-refractivity contribution in [2.24, 2.45) is 11.8 Å². The van der Waals surface area contributed by atoms with Crippen LogP contribution in [0.15, 0.2) is 53.9 Å². The third-order valence-corrected chi connectivity index (χ3v) is 5.72. The maximum absolute atomic E-state index is 12.6. The molecule has 0 aliphatic heterocycles. The Labute approximate surface area is 181 Å². The van der Waals surface area contributed by atoms with E-state index in [0.717, 1.165) is 6.42 Å². The van der Waals surface area contributed by atoms with Crippen LogP contribution in [0.5, 0.6) is 5.75 Å². The Morgan fingerprint density at radius 2 is 1.84 bits per heavy atom. The van der Waals surface area contributed by atoms with Crippen LogP contribution in [-0.4, -0.2) is 23.4 Å². The molecule has 31 heavy (non-hydrogen) atoms. The van der Waals surface area contributed by atoms with Gasteiger partial charge in [-0.2, -0.15) is 8.78 Å². The molecule has 1 saturated carbocycles. The molecule has 1 fully saturated rings. The Bertz CT molecular complexity index is 1100. The molecule has 2 amide bonds. The highest BCUT2D eigenvalue weighted by Crippen LogP contribution is 2.38. The molecule has 2 unspecified atom stereocenters. The molecular weight excluding hydrogens is 424 g/mol. The minimum Gasteiger partial charge on any atom is -0.434 e. The van der Waals surface area contributed by atoms with Gasteiger partial charge in [-0.1, -0.05) is 19.1 Å². The van der Waals surface area contributed by atoms with E-state index in [0.29, 0.717) is 33.6 Å². The first-order valence-corrected chi connectivity index (χ1v) is 10.5. The van der Waals surface area contributed by atoms with E-state index in [1.165, 1.54) is 17.4 Å². The molecule has 4 rings (SSSR count). The number of amides is 2. The number of hydrogen-bond acceptors (Lipinski definition) is 5. The van der Waals surface area contributed by atoms with Crippen molar-refractivity contribution in [2.45, 2.75) is 20.0 Å². The molecule has 3 aromatic rings. The fourth-order valence-corrected chi connectivity index (χ4v) is 3.83. The fraction of sp³-hybridized carbons (Fsp3) is 0.227. The third-order valence-electron chi connectivity index (χ3n) is 4.96. The van der Waals surface area contributed by atoms with Gasteiger partial charge in [-0.3, -0.25) is 14.9 Å². The number of carbonyl (C=O) groups is 2. The summed E-state index contributed by atoms with van der Waals surface area (Å²) in [5, 5.41) is 7.52. The fourth-order valence-electron chi connectivity index (χ4n) is 3.13. The molecule has 1 heterocycles. The Morgan fingerprint density at radius 3 is 2.52 bits per heavy atom. The molecule has 1 aliphatic carbocycles. The van der Waals surface area contributed by atoms with Crippen molar-refractivity contribution in [2.75, 3.05) is 10.6 Å². The summed E-state index contributed by atoms with van der Waals surface area (Å²) < 4.78 is 29.8. The van der Waals surface area contributed by atoms with Crippen molar-refractivity contribution < 1.29 is 23.1 Å². The van der Waals surface area contributed by atoms with Crippen molar-refractivity contribution in [1.29, 1.82) is 0 Å². The first kappa shape index (κ1) is 20.9. The lowest BCUT2D eigenvalue weighted by Crippen LogP contribution is -2.15. The van der Waals surface area contributed by atoms with Crippen LogP contribution in [0.2, 0.25) is 0 Å². The van der Waals surface area contributed by atoms with E-state index in [1.54, 1.807) is 47.8 Å². The number of thiazole rings is 1. The maximum Gasteiger partial charge on any atom is 0.387 e. The molecule has 0 bridgehead atoms. The van der Waals surface area contributed by atoms with Gasteiger partial charge in [0, 0.05) is 28.1 Å². The van der Waals surface area contributed by atoms with Crippen LogP contribution in [0, 0.1) is 11.8 Å². The summed E-state index contributed by atoms with van der Waals surface area (Å²) in [5.74, 6) is 0.127. The zero-order valence-corrected chi connectivity index (χ0v) is 17.3. The average Bonchev–Trinajstić information content (AvgIpc) is 3.30. The van der Waals surface area contributed by atoms with Gasteiger partial charge in [-0.05, 0) is 48.7 Å². The van der Waals surface area contributed by atoms with E-state index in [1.807, 2.05) is 6.92 Å². The molecule has 0 spiro atoms. The molecular formula is C22H19F2N3O3S. The predicted octanol–water partition coefficient (Wildman–Crippen LogP) is 5.26. The minimum absolute atomic E-state index is 0.00359. The zero-order valence-electron chi connectivity index (χ0n) is 16.5. The molecule has 1 aromatic heterocycles. The highest BCUT2D eigenvalue weighted by atomic mass is 32.1. The molecule has 9 heteroatoms. The summed E-state index contributed by atoms with van der Waals surface area (Å²) >= 11 is 1.17. The van der Waals surface area contributed by atoms with Gasteiger partial charge >= 0.3 is 6.61 Å². The van der Waals surface area contributed by atoms with Crippen molar-refractivity contribution in [3.05, 3.63) is 59.5 Å². The normalized spacial score (nSPS) is 17.3. The smallest absolute Gasteiger partial charge is 0.387 e. The molecule has 2 aromatic carbocycles. The Morgan fingerprint density at radius 1 is 1.13 bits per heavy atom. The van der Waals surface area contributed by atoms with Gasteiger partial charge < -0.3 is 10.1 Å². The molecule has 0 radical (unpaired) electrons. The Kier molecular flexibility index (Phi) is 5.94. The van der Waals surface area contributed by atoms with Crippen molar-refractivity contribution >= 4 is 34.0 Å². The first-order chi connectivity index (χ1) is 14.9. The largest absolute Gasteiger partial charge is 0.434 e. The van der Waals surface area contributed by atoms with Crippen molar-refractivity contribution in [1.82, 2.24) is 4.98 Å². The third kappa shape index (κ3) is 5.05. The zero-order chi connectivity index (χ0) is 22.0. The molecule has 160 valence electrons. The van der Waals surface area contributed by atoms with Gasteiger partial charge in [-0.15, -0.1) is 11.3 Å². The molecule has 1 aliphatic rings. The van der Waals surface area contributed by atoms with Gasteiger partial charge in [0.2, 0.25) is 5.91 Å². The summed E-state index contributed by atoms with van der Waals surface area (Å²) in [6.45, 7) is -0.911. The number of nitrogens with zero attached hydrogens (tertiary/aromatic N) is 1. The molecule has 6 nitrogen and oxygen atoms in total. The second-order valence-electron chi connectivity index (χ2n) is 7.25. The van der Waals surface area contributed by atoms with E-state index in [9.17, 15) is 18.4 Å². The average molecular weight is 443 g/mol. The second-order valence-corrected chi connectivity index (χ2v) is 8.11. The van der Waals surface area contributed by atoms with Crippen LogP contribution in [0.3, 0.4) is 0 Å². The number of hydrogen-bond donors (Lipinski definition) is 2. The summed E-state index contributed by atoms with van der Waals surface area (Å²) in [5.41, 5.74) is 1.86. The number of rotatable bonds is 7. The van der Waals surface area contributed by atoms with Gasteiger partial charge in [-0.25, -0.2) is 4.98 Å². The highest BCUT2D eigenvalue weighted by Gasteiger charge is 2.39. The van der Waals surface area contributed by atoms with Crippen LogP contribution >= 0.6 is 11.3 Å². The maximum atomic E-state index is 12.6. The standard InChI is InChI=1S/C22H19F2N3O3S/c1-12-10-16(12)20(29)25-14-8-6-13(7-9-14)19(28)27-22-26-17(11-31-22)15-4-2-3-5-18(15)30-21(23)24/h2-9,11-12,16,21H,10H2,1H3,(H,25,29)(H,26,27,28). The van der Waals surface area contributed by atoms with Crippen LogP contribution in [0.25, 0.3) is 11.3 Å². The lowest BCUT2D eigenvalue weighted by atomic mass is 10.1. The number of aromatic nitrogens is 1. The summed E-state index contributed by atoms with van der Waals surface area (Å²) in [6.07, 6.45) is 0.904. The van der Waals surface area contributed by atoms with E-state index >= 15 is 0 Å². The summed E-state index contributed by atoms with van der Waals surface area (Å²) in [4.78, 5) is 28.8. The molecule has 2 N–H and O–H groups in total. The monoisotopic (exact) mass is 443 g/mol. The number of ether oxygens (including phenoxy) is 1. The number of nitrogens with one attached hydrogen (secondary N) is 2. The lowest BCUT2D eigenvalue weighted by Gasteiger charge is -2.08. The SMILES string of the molecule is CC1CC1C(=O)Nc1ccc(C(=O)Nc2nc(-c3ccccc3OC(F)F)cs2)cc1. The van der Waals surface area contributed by atoms with Gasteiger partial charge in [0.1, 0.15) is 5.75 Å². The number of alkyl halides is 2. The summed E-state index contributed by atoms with van der Waals surface area (Å²) in [7, 11) is 0. The minimum atomic E-state index is -2.95. The topological polar surface area (TPSA) is 80.3 Å². The van der Waals surface area contributed by atoms with Crippen LogP contribution in [-0.2, 0) is 4.79 Å². The molecule has 2 atom stereocenters. The van der Waals surface area contributed by atoms with Gasteiger partial charge in [0.25, 0.3) is 5.91 Å². The van der Waals surface area contributed by atoms with E-state index < -0.39 is 6.61 Å². The van der Waals surface area contributed by atoms with Gasteiger partial charge in [0.15, 0.2) is 5.13 Å². The van der Waals surface area contributed by atoms with Crippen LogP contribution in [0.1, 0.15) is 23.7 Å². The van der Waals surface area contributed by atoms with E-state index in [2.05, 4.69) is 20.4 Å². The van der Waals surface area contributed by atoms with Crippen molar-refractivity contribution in [3.63, 3.8) is 0 Å². The highest BCUT2D eigenvalue weighted by molar-refractivity contribution is 7.14. The Hall–Kier alpha value is -3.33. The van der Waals surface area contributed by atoms with E-state index in [4.69, 9.17) is 0 Å². The van der Waals surface area contributed by atoms with Crippen LogP contribution < -0.4 is 15.4 Å². The second kappa shape index (κ2) is 8.81. The van der Waals surface area contributed by atoms with Crippen LogP contribution in [0.4, 0.5) is 19.6 Å².